The molecule has 0 saturated carbocycles. The number of pyridine rings is 1. The fraction of sp³-hybridized carbons (Fsp3) is 0.286. The lowest BCUT2D eigenvalue weighted by Crippen LogP contribution is -1.93. The second kappa shape index (κ2) is 3.95. The van der Waals surface area contributed by atoms with Crippen LogP contribution in [0.3, 0.4) is 0 Å². The zero-order valence-corrected chi connectivity index (χ0v) is 11.4. The van der Waals surface area contributed by atoms with Gasteiger partial charge in [0.25, 0.3) is 0 Å². The minimum Gasteiger partial charge on any atom is -0.265 e. The van der Waals surface area contributed by atoms with Gasteiger partial charge in [-0.1, -0.05) is 37.6 Å². The highest BCUT2D eigenvalue weighted by molar-refractivity contribution is 6.39. The van der Waals surface area contributed by atoms with E-state index < -0.39 is 0 Å². The van der Waals surface area contributed by atoms with Crippen molar-refractivity contribution in [1.82, 2.24) is 14.8 Å². The summed E-state index contributed by atoms with van der Waals surface area (Å²) in [5.41, 5.74) is 3.94. The lowest BCUT2D eigenvalue weighted by atomic mass is 10.0. The van der Waals surface area contributed by atoms with Gasteiger partial charge in [0.15, 0.2) is 0 Å². The Balaban J connectivity index is 2.41. The van der Waals surface area contributed by atoms with Crippen LogP contribution >= 0.6 is 11.6 Å². The third kappa shape index (κ3) is 1.58. The number of nitrogens with zero attached hydrogens (tertiary/aromatic N) is 3. The molecule has 2 heterocycles. The molecule has 4 heteroatoms. The van der Waals surface area contributed by atoms with E-state index in [2.05, 4.69) is 36.1 Å². The summed E-state index contributed by atoms with van der Waals surface area (Å²) in [5, 5.41) is 5.92. The molecule has 3 rings (SSSR count). The monoisotopic (exact) mass is 259 g/mol. The van der Waals surface area contributed by atoms with Gasteiger partial charge in [-0.15, -0.1) is 0 Å². The first kappa shape index (κ1) is 11.5. The summed E-state index contributed by atoms with van der Waals surface area (Å²) in [6, 6.07) is 6.27. The first-order chi connectivity index (χ1) is 8.58. The van der Waals surface area contributed by atoms with Gasteiger partial charge in [-0.05, 0) is 17.5 Å². The van der Waals surface area contributed by atoms with Crippen LogP contribution < -0.4 is 0 Å². The summed E-state index contributed by atoms with van der Waals surface area (Å²) in [6.07, 6.45) is 1.75. The van der Waals surface area contributed by atoms with Crippen molar-refractivity contribution in [2.24, 2.45) is 7.05 Å². The topological polar surface area (TPSA) is 30.7 Å². The van der Waals surface area contributed by atoms with E-state index in [9.17, 15) is 0 Å². The van der Waals surface area contributed by atoms with Gasteiger partial charge in [0, 0.05) is 12.4 Å². The van der Waals surface area contributed by atoms with Crippen LogP contribution in [0.25, 0.3) is 21.9 Å². The number of aromatic nitrogens is 3. The molecular formula is C14H14ClN3. The molecule has 0 bridgehead atoms. The Hall–Kier alpha value is -1.61. The van der Waals surface area contributed by atoms with E-state index in [1.807, 2.05) is 13.1 Å². The standard InChI is InChI=1S/C14H14ClN3/c1-8(2)9-4-5-10-11(6-9)17-12-7-16-18(3)14(12)13(10)15/h4-8H,1-3H3. The van der Waals surface area contributed by atoms with E-state index in [1.54, 1.807) is 10.9 Å². The van der Waals surface area contributed by atoms with Crippen LogP contribution in [-0.4, -0.2) is 14.8 Å². The summed E-state index contributed by atoms with van der Waals surface area (Å²) in [7, 11) is 1.88. The highest BCUT2D eigenvalue weighted by Crippen LogP contribution is 2.31. The van der Waals surface area contributed by atoms with Crippen molar-refractivity contribution in [3.63, 3.8) is 0 Å². The molecule has 0 radical (unpaired) electrons. The lowest BCUT2D eigenvalue weighted by molar-refractivity contribution is 0.797. The molecule has 1 aromatic carbocycles. The summed E-state index contributed by atoms with van der Waals surface area (Å²) in [5.74, 6) is 0.486. The predicted octanol–water partition coefficient (Wildman–Crippen LogP) is 3.90. The number of fused-ring (bicyclic) bond motifs is 2. The Labute approximate surface area is 110 Å². The van der Waals surface area contributed by atoms with Crippen LogP contribution in [0.4, 0.5) is 0 Å². The van der Waals surface area contributed by atoms with E-state index in [0.717, 1.165) is 27.0 Å². The second-order valence-corrected chi connectivity index (χ2v) is 5.24. The van der Waals surface area contributed by atoms with Gasteiger partial charge < -0.3 is 0 Å². The number of hydrogen-bond donors (Lipinski definition) is 0. The molecule has 0 fully saturated rings. The van der Waals surface area contributed by atoms with Gasteiger partial charge in [-0.25, -0.2) is 4.98 Å². The van der Waals surface area contributed by atoms with E-state index in [0.29, 0.717) is 5.92 Å². The van der Waals surface area contributed by atoms with Gasteiger partial charge in [-0.3, -0.25) is 4.68 Å². The normalized spacial score (nSPS) is 11.8. The van der Waals surface area contributed by atoms with Crippen molar-refractivity contribution < 1.29 is 0 Å². The highest BCUT2D eigenvalue weighted by atomic mass is 35.5. The zero-order chi connectivity index (χ0) is 12.9. The molecule has 3 aromatic rings. The maximum atomic E-state index is 6.45. The van der Waals surface area contributed by atoms with E-state index in [1.165, 1.54) is 5.56 Å². The Morgan fingerprint density at radius 3 is 2.72 bits per heavy atom. The van der Waals surface area contributed by atoms with Crippen molar-refractivity contribution in [3.8, 4) is 0 Å². The van der Waals surface area contributed by atoms with E-state index in [-0.39, 0.29) is 0 Å². The fourth-order valence-electron chi connectivity index (χ4n) is 2.21. The van der Waals surface area contributed by atoms with Crippen LogP contribution in [0, 0.1) is 0 Å². The van der Waals surface area contributed by atoms with Crippen molar-refractivity contribution in [1.29, 1.82) is 0 Å². The third-order valence-electron chi connectivity index (χ3n) is 3.29. The van der Waals surface area contributed by atoms with Crippen molar-refractivity contribution in [3.05, 3.63) is 35.0 Å². The van der Waals surface area contributed by atoms with Gasteiger partial charge in [0.05, 0.1) is 16.7 Å². The van der Waals surface area contributed by atoms with Crippen molar-refractivity contribution >= 4 is 33.5 Å². The molecule has 18 heavy (non-hydrogen) atoms. The number of hydrogen-bond acceptors (Lipinski definition) is 2. The summed E-state index contributed by atoms with van der Waals surface area (Å²) in [4.78, 5) is 4.63. The molecule has 0 unspecified atom stereocenters. The van der Waals surface area contributed by atoms with Gasteiger partial charge in [0.2, 0.25) is 0 Å². The molecular weight excluding hydrogens is 246 g/mol. The van der Waals surface area contributed by atoms with Crippen LogP contribution in [0.15, 0.2) is 24.4 Å². The molecule has 2 aromatic heterocycles. The minimum absolute atomic E-state index is 0.486. The Morgan fingerprint density at radius 1 is 1.22 bits per heavy atom. The maximum Gasteiger partial charge on any atom is 0.111 e. The van der Waals surface area contributed by atoms with Crippen molar-refractivity contribution in [2.45, 2.75) is 19.8 Å². The average Bonchev–Trinajstić information content (AvgIpc) is 2.70. The second-order valence-electron chi connectivity index (χ2n) is 4.86. The first-order valence-electron chi connectivity index (χ1n) is 5.99. The summed E-state index contributed by atoms with van der Waals surface area (Å²) < 4.78 is 1.76. The molecule has 0 N–H and O–H groups in total. The average molecular weight is 260 g/mol. The number of aryl methyl sites for hydroxylation is 1. The Kier molecular flexibility index (Phi) is 2.52. The number of halogens is 1. The fourth-order valence-corrected chi connectivity index (χ4v) is 2.58. The van der Waals surface area contributed by atoms with E-state index >= 15 is 0 Å². The van der Waals surface area contributed by atoms with E-state index in [4.69, 9.17) is 11.6 Å². The molecule has 0 aliphatic carbocycles. The molecule has 0 aliphatic rings. The van der Waals surface area contributed by atoms with Gasteiger partial charge in [0.1, 0.15) is 11.0 Å². The number of benzene rings is 1. The number of rotatable bonds is 1. The van der Waals surface area contributed by atoms with Gasteiger partial charge >= 0.3 is 0 Å². The molecule has 3 nitrogen and oxygen atoms in total. The smallest absolute Gasteiger partial charge is 0.111 e. The predicted molar refractivity (Wildman–Crippen MR) is 75.1 cm³/mol. The minimum atomic E-state index is 0.486. The lowest BCUT2D eigenvalue weighted by Gasteiger charge is -2.08. The highest BCUT2D eigenvalue weighted by Gasteiger charge is 2.12. The van der Waals surface area contributed by atoms with Crippen LogP contribution in [0.2, 0.25) is 5.02 Å². The van der Waals surface area contributed by atoms with Gasteiger partial charge in [-0.2, -0.15) is 5.10 Å². The molecule has 0 aliphatic heterocycles. The van der Waals surface area contributed by atoms with Crippen LogP contribution in [-0.2, 0) is 7.05 Å². The maximum absolute atomic E-state index is 6.45. The summed E-state index contributed by atoms with van der Waals surface area (Å²) >= 11 is 6.45. The molecule has 0 atom stereocenters. The first-order valence-corrected chi connectivity index (χ1v) is 6.36. The summed E-state index contributed by atoms with van der Waals surface area (Å²) in [6.45, 7) is 4.34. The van der Waals surface area contributed by atoms with Crippen LogP contribution in [0.5, 0.6) is 0 Å². The molecule has 0 saturated heterocycles. The third-order valence-corrected chi connectivity index (χ3v) is 3.68. The Morgan fingerprint density at radius 2 is 2.00 bits per heavy atom. The SMILES string of the molecule is CC(C)c1ccc2c(Cl)c3c(cnn3C)nc2c1. The largest absolute Gasteiger partial charge is 0.265 e. The molecule has 0 amide bonds. The molecule has 92 valence electrons. The van der Waals surface area contributed by atoms with Crippen molar-refractivity contribution in [2.75, 3.05) is 0 Å². The van der Waals surface area contributed by atoms with Crippen LogP contribution in [0.1, 0.15) is 25.3 Å². The Bertz CT molecular complexity index is 743. The zero-order valence-electron chi connectivity index (χ0n) is 10.6. The quantitative estimate of drug-likeness (QED) is 0.664. The molecule has 0 spiro atoms.